The van der Waals surface area contributed by atoms with Gasteiger partial charge in [0.1, 0.15) is 0 Å². The number of benzene rings is 7. The van der Waals surface area contributed by atoms with E-state index in [1.54, 1.807) is 22.1 Å². The van der Waals surface area contributed by atoms with E-state index in [1.165, 1.54) is 169 Å². The average Bonchev–Trinajstić information content (AvgIpc) is 3.91. The summed E-state index contributed by atoms with van der Waals surface area (Å²) in [6.45, 7) is 4.79. The number of hydrogen-bond donors (Lipinski definition) is 0. The standard InChI is InChI=1S/C57H47BN2/c1-32-27-40-41-28-33(2)30-47-54(41)60-53(40)46(29-32)57(43-23-13-11-21-38(43)39-22-12-14-24-44(39)57)45-25-26-48-51(56(45)60)58(47)50-37-20-10-9-19-36(37)31-42-49(34-15-5-3-6-16-34)52(59(48)55(42)50)35-17-7-4-8-18-35/h9-14,19-31,34-35H,3-8,15-18H2,1-2H3. The predicted octanol–water partition coefficient (Wildman–Crippen LogP) is 12.4. The highest BCUT2D eigenvalue weighted by Gasteiger charge is 2.54. The van der Waals surface area contributed by atoms with Gasteiger partial charge < -0.3 is 9.13 Å². The highest BCUT2D eigenvalue weighted by molar-refractivity contribution is 7.01. The van der Waals surface area contributed by atoms with E-state index in [4.69, 9.17) is 0 Å². The number of aromatic nitrogens is 2. The third-order valence-corrected chi connectivity index (χ3v) is 16.7. The Kier molecular flexibility index (Phi) is 6.22. The first-order valence-electron chi connectivity index (χ1n) is 23.2. The fourth-order valence-electron chi connectivity index (χ4n) is 14.7. The van der Waals surface area contributed by atoms with E-state index in [9.17, 15) is 0 Å². The second-order valence-corrected chi connectivity index (χ2v) is 19.7. The van der Waals surface area contributed by atoms with Crippen LogP contribution in [0.4, 0.5) is 0 Å². The van der Waals surface area contributed by atoms with Gasteiger partial charge in [-0.05, 0) is 142 Å². The Morgan fingerprint density at radius 3 is 1.90 bits per heavy atom. The van der Waals surface area contributed by atoms with E-state index < -0.39 is 5.41 Å². The molecule has 2 fully saturated rings. The number of hydrogen-bond acceptors (Lipinski definition) is 0. The molecule has 6 aliphatic rings. The summed E-state index contributed by atoms with van der Waals surface area (Å²) in [4.78, 5) is 0. The van der Waals surface area contributed by atoms with Crippen LogP contribution in [0.15, 0.2) is 115 Å². The van der Waals surface area contributed by atoms with E-state index in [1.807, 2.05) is 0 Å². The van der Waals surface area contributed by atoms with Crippen molar-refractivity contribution in [3.05, 3.63) is 160 Å². The molecule has 15 rings (SSSR count). The minimum Gasteiger partial charge on any atom is -0.314 e. The van der Waals surface area contributed by atoms with Crippen LogP contribution in [0.2, 0.25) is 0 Å². The van der Waals surface area contributed by atoms with Gasteiger partial charge in [0.15, 0.2) is 0 Å². The van der Waals surface area contributed by atoms with Crippen molar-refractivity contribution in [2.45, 2.75) is 95.3 Å². The fraction of sp³-hybridized carbons (Fsp3) is 0.263. The lowest BCUT2D eigenvalue weighted by molar-refractivity contribution is 0.413. The zero-order valence-corrected chi connectivity index (χ0v) is 34.7. The Bertz CT molecular complexity index is 3390. The molecule has 0 N–H and O–H groups in total. The molecule has 0 bridgehead atoms. The average molecular weight is 771 g/mol. The quantitative estimate of drug-likeness (QED) is 0.155. The van der Waals surface area contributed by atoms with Gasteiger partial charge in [-0.25, -0.2) is 0 Å². The van der Waals surface area contributed by atoms with E-state index in [0.29, 0.717) is 11.8 Å². The molecule has 3 aliphatic carbocycles. The molecule has 60 heavy (non-hydrogen) atoms. The van der Waals surface area contributed by atoms with Crippen molar-refractivity contribution >= 4 is 66.6 Å². The van der Waals surface area contributed by atoms with E-state index in [2.05, 4.69) is 138 Å². The summed E-state index contributed by atoms with van der Waals surface area (Å²) in [6.07, 6.45) is 13.4. The van der Waals surface area contributed by atoms with Gasteiger partial charge in [-0.15, -0.1) is 0 Å². The molecule has 2 nitrogen and oxygen atoms in total. The maximum absolute atomic E-state index is 2.93. The SMILES string of the molecule is Cc1cc2c3c(c1)c1cc(C)cc4c1n3-c1c(ccc3c1B2c1c2ccccc2cc2c(C5CCCCC5)c(C5CCCCC5)n-3c12)C41c2ccccc2-c2ccccc21. The van der Waals surface area contributed by atoms with Gasteiger partial charge in [0.2, 0.25) is 0 Å². The molecular weight excluding hydrogens is 723 g/mol. The van der Waals surface area contributed by atoms with Crippen molar-refractivity contribution in [3.63, 3.8) is 0 Å². The fourth-order valence-corrected chi connectivity index (χ4v) is 14.7. The lowest BCUT2D eigenvalue weighted by Gasteiger charge is -2.44. The Morgan fingerprint density at radius 2 is 1.15 bits per heavy atom. The second kappa shape index (κ2) is 11.3. The molecular formula is C57H47BN2. The third-order valence-electron chi connectivity index (χ3n) is 16.7. The molecule has 3 heteroatoms. The maximum atomic E-state index is 2.93. The van der Waals surface area contributed by atoms with Crippen molar-refractivity contribution < 1.29 is 0 Å². The van der Waals surface area contributed by atoms with Crippen LogP contribution in [0.25, 0.3) is 66.0 Å². The second-order valence-electron chi connectivity index (χ2n) is 19.7. The predicted molar refractivity (Wildman–Crippen MR) is 252 cm³/mol. The minimum atomic E-state index is -0.437. The highest BCUT2D eigenvalue weighted by Crippen LogP contribution is 2.62. The van der Waals surface area contributed by atoms with Crippen molar-refractivity contribution in [2.24, 2.45) is 0 Å². The monoisotopic (exact) mass is 770 g/mol. The van der Waals surface area contributed by atoms with E-state index in [0.717, 1.165) is 0 Å². The summed E-state index contributed by atoms with van der Waals surface area (Å²) < 4.78 is 5.72. The number of rotatable bonds is 2. The Labute approximate surface area is 351 Å². The molecule has 0 radical (unpaired) electrons. The first kappa shape index (κ1) is 33.0. The van der Waals surface area contributed by atoms with Crippen LogP contribution in [-0.4, -0.2) is 15.8 Å². The topological polar surface area (TPSA) is 9.86 Å². The number of nitrogens with zero attached hydrogens (tertiary/aromatic N) is 2. The number of aryl methyl sites for hydroxylation is 2. The smallest absolute Gasteiger partial charge is 0.253 e. The summed E-state index contributed by atoms with van der Waals surface area (Å²) in [5.41, 5.74) is 26.0. The van der Waals surface area contributed by atoms with Crippen LogP contribution in [0, 0.1) is 13.8 Å². The first-order chi connectivity index (χ1) is 29.6. The van der Waals surface area contributed by atoms with Crippen molar-refractivity contribution in [1.82, 2.24) is 9.13 Å². The molecule has 7 aromatic carbocycles. The summed E-state index contributed by atoms with van der Waals surface area (Å²) in [7, 11) is 0. The molecule has 0 amide bonds. The summed E-state index contributed by atoms with van der Waals surface area (Å²) in [5.74, 6) is 1.21. The zero-order valence-electron chi connectivity index (χ0n) is 34.7. The maximum Gasteiger partial charge on any atom is 0.253 e. The summed E-state index contributed by atoms with van der Waals surface area (Å²) >= 11 is 0. The lowest BCUT2D eigenvalue weighted by atomic mass is 9.33. The normalized spacial score (nSPS) is 18.1. The third kappa shape index (κ3) is 3.71. The Hall–Kier alpha value is -5.80. The van der Waals surface area contributed by atoms with Crippen LogP contribution in [0.5, 0.6) is 0 Å². The van der Waals surface area contributed by atoms with Crippen molar-refractivity contribution in [3.8, 4) is 22.5 Å². The Morgan fingerprint density at radius 1 is 0.500 bits per heavy atom. The summed E-state index contributed by atoms with van der Waals surface area (Å²) in [6, 6.07) is 46.3. The molecule has 288 valence electrons. The van der Waals surface area contributed by atoms with Gasteiger partial charge in [-0.1, -0.05) is 141 Å². The van der Waals surface area contributed by atoms with Crippen molar-refractivity contribution in [1.29, 1.82) is 0 Å². The molecule has 0 unspecified atom stereocenters. The minimum absolute atomic E-state index is 0.121. The first-order valence-corrected chi connectivity index (χ1v) is 23.2. The van der Waals surface area contributed by atoms with Crippen molar-refractivity contribution in [2.75, 3.05) is 0 Å². The van der Waals surface area contributed by atoms with Crippen LogP contribution in [0.3, 0.4) is 0 Å². The van der Waals surface area contributed by atoms with Crippen LogP contribution in [0.1, 0.15) is 121 Å². The molecule has 0 saturated heterocycles. The van der Waals surface area contributed by atoms with Gasteiger partial charge in [0.25, 0.3) is 6.71 Å². The number of fused-ring (bicyclic) bond motifs is 13. The molecule has 2 aromatic heterocycles. The lowest BCUT2D eigenvalue weighted by Crippen LogP contribution is -2.61. The molecule has 9 aromatic rings. The van der Waals surface area contributed by atoms with E-state index in [-0.39, 0.29) is 6.71 Å². The van der Waals surface area contributed by atoms with Gasteiger partial charge in [0.05, 0.1) is 10.9 Å². The van der Waals surface area contributed by atoms with Gasteiger partial charge >= 0.3 is 0 Å². The van der Waals surface area contributed by atoms with E-state index >= 15 is 0 Å². The van der Waals surface area contributed by atoms with Crippen LogP contribution < -0.4 is 16.4 Å². The highest BCUT2D eigenvalue weighted by atomic mass is 15.1. The molecule has 1 spiro atoms. The molecule has 3 aliphatic heterocycles. The van der Waals surface area contributed by atoms with Gasteiger partial charge in [-0.3, -0.25) is 0 Å². The van der Waals surface area contributed by atoms with Gasteiger partial charge in [-0.2, -0.15) is 0 Å². The van der Waals surface area contributed by atoms with Crippen LogP contribution >= 0.6 is 0 Å². The summed E-state index contributed by atoms with van der Waals surface area (Å²) in [5, 5.41) is 7.20. The largest absolute Gasteiger partial charge is 0.314 e. The molecule has 5 heterocycles. The van der Waals surface area contributed by atoms with Crippen LogP contribution in [-0.2, 0) is 5.41 Å². The Balaban J connectivity index is 1.20. The zero-order chi connectivity index (χ0) is 39.2. The molecule has 0 atom stereocenters. The van der Waals surface area contributed by atoms with Gasteiger partial charge in [0, 0.05) is 44.3 Å². The molecule has 2 saturated carbocycles.